The van der Waals surface area contributed by atoms with Crippen molar-refractivity contribution in [3.8, 4) is 0 Å². The first-order valence-corrected chi connectivity index (χ1v) is 9.09. The van der Waals surface area contributed by atoms with E-state index >= 15 is 0 Å². The van der Waals surface area contributed by atoms with E-state index in [1.807, 2.05) is 10.9 Å². The summed E-state index contributed by atoms with van der Waals surface area (Å²) in [5.74, 6) is 0. The highest BCUT2D eigenvalue weighted by Crippen LogP contribution is 2.39. The molecule has 2 aromatic rings. The molecule has 1 fully saturated rings. The number of nitrogens with zero attached hydrogens (tertiary/aromatic N) is 2. The monoisotopic (exact) mass is 398 g/mol. The van der Waals surface area contributed by atoms with E-state index in [-0.39, 0.29) is 18.2 Å². The zero-order valence-electron chi connectivity index (χ0n) is 14.8. The predicted octanol–water partition coefficient (Wildman–Crippen LogP) is 3.68. The van der Waals surface area contributed by atoms with Gasteiger partial charge in [0.15, 0.2) is 6.23 Å². The summed E-state index contributed by atoms with van der Waals surface area (Å²) in [6, 6.07) is 2.16. The third kappa shape index (κ3) is 3.52. The molecule has 2 heterocycles. The minimum Gasteiger partial charge on any atom is -0.400 e. The van der Waals surface area contributed by atoms with Crippen LogP contribution in [0.1, 0.15) is 50.5 Å². The van der Waals surface area contributed by atoms with Gasteiger partial charge in [0.2, 0.25) is 0 Å². The summed E-state index contributed by atoms with van der Waals surface area (Å²) in [7, 11) is 1.00. The van der Waals surface area contributed by atoms with Crippen LogP contribution in [0.25, 0.3) is 10.9 Å². The summed E-state index contributed by atoms with van der Waals surface area (Å²) in [6.45, 7) is 7.12. The second-order valence-corrected chi connectivity index (χ2v) is 7.56. The number of aromatic nitrogens is 2. The molecule has 6 heteroatoms. The first-order chi connectivity index (χ1) is 11.5. The highest BCUT2D eigenvalue weighted by Gasteiger charge is 2.27. The van der Waals surface area contributed by atoms with Gasteiger partial charge in [-0.25, -0.2) is 4.68 Å². The molecule has 0 aliphatic carbocycles. The Kier molecular flexibility index (Phi) is 6.42. The number of halogens is 1. The summed E-state index contributed by atoms with van der Waals surface area (Å²) < 4.78 is 8.91. The maximum absolute atomic E-state index is 9.72. The lowest BCUT2D eigenvalue weighted by Gasteiger charge is -2.27. The third-order valence-electron chi connectivity index (χ3n) is 4.54. The van der Waals surface area contributed by atoms with Gasteiger partial charge in [-0.2, -0.15) is 5.10 Å². The molecule has 3 rings (SSSR count). The molecular formula is C18H27BrN2O3. The third-order valence-corrected chi connectivity index (χ3v) is 5.36. The van der Waals surface area contributed by atoms with Crippen LogP contribution in [0.5, 0.6) is 0 Å². The van der Waals surface area contributed by atoms with Gasteiger partial charge in [-0.1, -0.05) is 13.8 Å². The second-order valence-electron chi connectivity index (χ2n) is 6.77. The summed E-state index contributed by atoms with van der Waals surface area (Å²) in [6.07, 6.45) is 5.26. The van der Waals surface area contributed by atoms with Crippen LogP contribution in [-0.2, 0) is 10.2 Å². The number of aliphatic hydroxyl groups is 2. The van der Waals surface area contributed by atoms with Crippen LogP contribution in [0.15, 0.2) is 16.7 Å². The van der Waals surface area contributed by atoms with Crippen molar-refractivity contribution < 1.29 is 14.9 Å². The fraction of sp³-hybridized carbons (Fsp3) is 0.611. The SMILES string of the molecule is CO.Cc1cc2c(cnn2C2CCCCO2)c(Br)c1C(C)(C)CO. The van der Waals surface area contributed by atoms with E-state index in [1.165, 1.54) is 6.42 Å². The lowest BCUT2D eigenvalue weighted by atomic mass is 9.82. The van der Waals surface area contributed by atoms with Gasteiger partial charge in [0.05, 0.1) is 18.3 Å². The fourth-order valence-corrected chi connectivity index (χ4v) is 4.48. The van der Waals surface area contributed by atoms with Crippen molar-refractivity contribution in [1.82, 2.24) is 9.78 Å². The summed E-state index contributed by atoms with van der Waals surface area (Å²) in [4.78, 5) is 0. The van der Waals surface area contributed by atoms with Gasteiger partial charge in [0, 0.05) is 29.0 Å². The molecule has 5 nitrogen and oxygen atoms in total. The lowest BCUT2D eigenvalue weighted by molar-refractivity contribution is -0.0366. The molecule has 24 heavy (non-hydrogen) atoms. The maximum atomic E-state index is 9.72. The van der Waals surface area contributed by atoms with Crippen molar-refractivity contribution in [3.63, 3.8) is 0 Å². The Morgan fingerprint density at radius 1 is 1.38 bits per heavy atom. The lowest BCUT2D eigenvalue weighted by Crippen LogP contribution is -2.24. The van der Waals surface area contributed by atoms with Crippen molar-refractivity contribution >= 4 is 26.8 Å². The molecular weight excluding hydrogens is 372 g/mol. The van der Waals surface area contributed by atoms with Crippen molar-refractivity contribution in [2.75, 3.05) is 20.3 Å². The van der Waals surface area contributed by atoms with E-state index in [0.717, 1.165) is 53.1 Å². The average Bonchev–Trinajstić information content (AvgIpc) is 3.01. The molecule has 0 radical (unpaired) electrons. The molecule has 1 aromatic carbocycles. The highest BCUT2D eigenvalue weighted by molar-refractivity contribution is 9.10. The Balaban J connectivity index is 0.00000100. The number of hydrogen-bond donors (Lipinski definition) is 2. The minimum absolute atomic E-state index is 0.0363. The quantitative estimate of drug-likeness (QED) is 0.826. The van der Waals surface area contributed by atoms with Crippen LogP contribution in [0, 0.1) is 6.92 Å². The summed E-state index contributed by atoms with van der Waals surface area (Å²) in [5, 5.41) is 22.4. The van der Waals surface area contributed by atoms with E-state index in [1.54, 1.807) is 0 Å². The Morgan fingerprint density at radius 2 is 2.08 bits per heavy atom. The van der Waals surface area contributed by atoms with Crippen LogP contribution in [-0.4, -0.2) is 40.3 Å². The van der Waals surface area contributed by atoms with Gasteiger partial charge < -0.3 is 14.9 Å². The summed E-state index contributed by atoms with van der Waals surface area (Å²) >= 11 is 3.74. The first-order valence-electron chi connectivity index (χ1n) is 8.29. The van der Waals surface area contributed by atoms with Crippen LogP contribution >= 0.6 is 15.9 Å². The van der Waals surface area contributed by atoms with Gasteiger partial charge in [-0.3, -0.25) is 0 Å². The highest BCUT2D eigenvalue weighted by atomic mass is 79.9. The fourth-order valence-electron chi connectivity index (χ4n) is 3.33. The number of hydrogen-bond acceptors (Lipinski definition) is 4. The first kappa shape index (κ1) is 19.4. The van der Waals surface area contributed by atoms with E-state index in [2.05, 4.69) is 47.9 Å². The zero-order chi connectivity index (χ0) is 17.9. The van der Waals surface area contributed by atoms with Gasteiger partial charge in [-0.15, -0.1) is 0 Å². The Hall–Kier alpha value is -0.950. The molecule has 0 bridgehead atoms. The molecule has 1 unspecified atom stereocenters. The van der Waals surface area contributed by atoms with E-state index in [0.29, 0.717) is 0 Å². The number of ether oxygens (including phenoxy) is 1. The number of fused-ring (bicyclic) bond motifs is 1. The Morgan fingerprint density at radius 3 is 2.67 bits per heavy atom. The van der Waals surface area contributed by atoms with Crippen molar-refractivity contribution in [1.29, 1.82) is 0 Å². The van der Waals surface area contributed by atoms with Gasteiger partial charge in [0.25, 0.3) is 0 Å². The Labute approximate surface area is 151 Å². The largest absolute Gasteiger partial charge is 0.400 e. The molecule has 0 amide bonds. The number of rotatable bonds is 3. The second kappa shape index (κ2) is 7.95. The Bertz CT molecular complexity index is 691. The summed E-state index contributed by atoms with van der Waals surface area (Å²) in [5.41, 5.74) is 3.11. The molecule has 0 saturated carbocycles. The number of aryl methyl sites for hydroxylation is 1. The number of benzene rings is 1. The van der Waals surface area contributed by atoms with Crippen molar-refractivity contribution in [2.45, 2.75) is 51.7 Å². The topological polar surface area (TPSA) is 67.5 Å². The molecule has 1 atom stereocenters. The van der Waals surface area contributed by atoms with Crippen molar-refractivity contribution in [2.24, 2.45) is 0 Å². The normalized spacial score (nSPS) is 18.4. The van der Waals surface area contributed by atoms with Crippen LogP contribution in [0.4, 0.5) is 0 Å². The van der Waals surface area contributed by atoms with Gasteiger partial charge in [-0.05, 0) is 59.3 Å². The van der Waals surface area contributed by atoms with Gasteiger partial charge in [0.1, 0.15) is 0 Å². The van der Waals surface area contributed by atoms with E-state index < -0.39 is 0 Å². The molecule has 1 saturated heterocycles. The van der Waals surface area contributed by atoms with Crippen LogP contribution in [0.3, 0.4) is 0 Å². The molecule has 2 N–H and O–H groups in total. The minimum atomic E-state index is -0.291. The van der Waals surface area contributed by atoms with Crippen LogP contribution < -0.4 is 0 Å². The smallest absolute Gasteiger partial charge is 0.150 e. The molecule has 1 aromatic heterocycles. The van der Waals surface area contributed by atoms with Gasteiger partial charge >= 0.3 is 0 Å². The zero-order valence-corrected chi connectivity index (χ0v) is 16.4. The maximum Gasteiger partial charge on any atom is 0.150 e. The standard InChI is InChI=1S/C17H23BrN2O2.CH4O/c1-11-8-13-12(16(18)15(11)17(2,3)10-21)9-19-20(13)14-6-4-5-7-22-14;1-2/h8-9,14,21H,4-7,10H2,1-3H3;2H,1H3. The van der Waals surface area contributed by atoms with Crippen LogP contribution in [0.2, 0.25) is 0 Å². The van der Waals surface area contributed by atoms with E-state index in [9.17, 15) is 5.11 Å². The molecule has 134 valence electrons. The molecule has 0 spiro atoms. The predicted molar refractivity (Wildman–Crippen MR) is 99.3 cm³/mol. The van der Waals surface area contributed by atoms with Crippen molar-refractivity contribution in [3.05, 3.63) is 27.9 Å². The molecule has 1 aliphatic rings. The molecule has 1 aliphatic heterocycles. The number of aliphatic hydroxyl groups excluding tert-OH is 2. The average molecular weight is 399 g/mol. The van der Waals surface area contributed by atoms with E-state index in [4.69, 9.17) is 9.84 Å².